The van der Waals surface area contributed by atoms with E-state index in [1.54, 1.807) is 4.68 Å². The minimum Gasteiger partial charge on any atom is -0.383 e. The first-order valence-electron chi connectivity index (χ1n) is 9.47. The van der Waals surface area contributed by atoms with E-state index in [0.717, 1.165) is 33.4 Å². The van der Waals surface area contributed by atoms with E-state index in [-0.39, 0.29) is 5.78 Å². The molecule has 0 spiro atoms. The predicted molar refractivity (Wildman–Crippen MR) is 113 cm³/mol. The number of aromatic amines is 2. The van der Waals surface area contributed by atoms with Gasteiger partial charge in [-0.25, -0.2) is 9.67 Å². The van der Waals surface area contributed by atoms with E-state index in [9.17, 15) is 4.79 Å². The molecule has 0 amide bonds. The summed E-state index contributed by atoms with van der Waals surface area (Å²) < 4.78 is 1.57. The molecule has 0 unspecified atom stereocenters. The summed E-state index contributed by atoms with van der Waals surface area (Å²) in [7, 11) is 0. The smallest absolute Gasteiger partial charge is 0.214 e. The summed E-state index contributed by atoms with van der Waals surface area (Å²) in [5, 5.41) is 5.33. The number of ketones is 1. The number of nitrogens with zero attached hydrogens (tertiary/aromatic N) is 3. The van der Waals surface area contributed by atoms with Gasteiger partial charge in [-0.05, 0) is 30.3 Å². The highest BCUT2D eigenvalue weighted by atomic mass is 16.1. The lowest BCUT2D eigenvalue weighted by atomic mass is 10.1. The van der Waals surface area contributed by atoms with Crippen molar-refractivity contribution in [3.8, 4) is 5.69 Å². The fourth-order valence-corrected chi connectivity index (χ4v) is 3.50. The quantitative estimate of drug-likeness (QED) is 0.404. The van der Waals surface area contributed by atoms with E-state index in [2.05, 4.69) is 33.9 Å². The number of hydrogen-bond acceptors (Lipinski definition) is 4. The van der Waals surface area contributed by atoms with E-state index in [1.165, 1.54) is 6.20 Å². The number of fused-ring (bicyclic) bond motifs is 2. The van der Waals surface area contributed by atoms with E-state index in [0.29, 0.717) is 23.0 Å². The molecule has 0 aliphatic rings. The third kappa shape index (κ3) is 2.79. The lowest BCUT2D eigenvalue weighted by molar-refractivity contribution is 0.103. The first-order chi connectivity index (χ1) is 14.0. The van der Waals surface area contributed by atoms with Crippen LogP contribution in [0.4, 0.5) is 5.82 Å². The number of rotatable bonds is 4. The number of H-pyrrole nitrogens is 2. The van der Waals surface area contributed by atoms with Crippen LogP contribution in [0.5, 0.6) is 0 Å². The lowest BCUT2D eigenvalue weighted by Gasteiger charge is -2.05. The number of anilines is 1. The van der Waals surface area contributed by atoms with Crippen LogP contribution in [0.25, 0.3) is 27.6 Å². The molecular formula is C22H20N6O. The Kier molecular flexibility index (Phi) is 3.77. The maximum atomic E-state index is 13.0. The molecule has 0 fully saturated rings. The standard InChI is InChI=1S/C22H20N6O/c1-12(2)22-26-17-8-7-14(10-18(17)27-22)28-21(23)15(11-24-28)20(29)19-9-13-5-3-4-6-16(13)25-19/h3-12,25H,23H2,1-2H3,(H,26,27). The zero-order chi connectivity index (χ0) is 20.1. The van der Waals surface area contributed by atoms with Gasteiger partial charge in [0.2, 0.25) is 5.78 Å². The number of aromatic nitrogens is 5. The highest BCUT2D eigenvalue weighted by Crippen LogP contribution is 2.25. The van der Waals surface area contributed by atoms with Crippen LogP contribution in [0.1, 0.15) is 41.6 Å². The minimum absolute atomic E-state index is 0.187. The summed E-state index contributed by atoms with van der Waals surface area (Å²) in [6.07, 6.45) is 1.51. The molecule has 0 saturated heterocycles. The van der Waals surface area contributed by atoms with Crippen molar-refractivity contribution in [2.24, 2.45) is 0 Å². The normalized spacial score (nSPS) is 11.7. The van der Waals surface area contributed by atoms with Crippen molar-refractivity contribution in [3.05, 3.63) is 71.8 Å². The van der Waals surface area contributed by atoms with Gasteiger partial charge in [-0.1, -0.05) is 32.0 Å². The molecule has 144 valence electrons. The highest BCUT2D eigenvalue weighted by Gasteiger charge is 2.20. The number of para-hydroxylation sites is 1. The molecule has 3 heterocycles. The van der Waals surface area contributed by atoms with Gasteiger partial charge in [-0.15, -0.1) is 0 Å². The van der Waals surface area contributed by atoms with Crippen molar-refractivity contribution in [2.45, 2.75) is 19.8 Å². The van der Waals surface area contributed by atoms with Crippen LogP contribution in [0, 0.1) is 0 Å². The Morgan fingerprint density at radius 1 is 1.07 bits per heavy atom. The Morgan fingerprint density at radius 3 is 2.69 bits per heavy atom. The third-order valence-electron chi connectivity index (χ3n) is 5.10. The van der Waals surface area contributed by atoms with Crippen molar-refractivity contribution in [2.75, 3.05) is 5.73 Å². The maximum absolute atomic E-state index is 13.0. The second kappa shape index (κ2) is 6.34. The minimum atomic E-state index is -0.187. The van der Waals surface area contributed by atoms with Crippen LogP contribution < -0.4 is 5.73 Å². The number of carbonyl (C=O) groups is 1. The second-order valence-electron chi connectivity index (χ2n) is 7.43. The summed E-state index contributed by atoms with van der Waals surface area (Å²) in [5.74, 6) is 1.35. The van der Waals surface area contributed by atoms with Crippen molar-refractivity contribution in [1.82, 2.24) is 24.7 Å². The molecule has 4 N–H and O–H groups in total. The summed E-state index contributed by atoms with van der Waals surface area (Å²) in [5.41, 5.74) is 10.6. The predicted octanol–water partition coefficient (Wildman–Crippen LogP) is 4.17. The van der Waals surface area contributed by atoms with Crippen LogP contribution in [0.3, 0.4) is 0 Å². The van der Waals surface area contributed by atoms with Gasteiger partial charge >= 0.3 is 0 Å². The van der Waals surface area contributed by atoms with E-state index >= 15 is 0 Å². The van der Waals surface area contributed by atoms with E-state index in [4.69, 9.17) is 5.73 Å². The molecule has 5 aromatic rings. The molecule has 0 aliphatic carbocycles. The van der Waals surface area contributed by atoms with Crippen molar-refractivity contribution >= 4 is 33.5 Å². The zero-order valence-electron chi connectivity index (χ0n) is 16.1. The fourth-order valence-electron chi connectivity index (χ4n) is 3.50. The zero-order valence-corrected chi connectivity index (χ0v) is 16.1. The number of nitrogen functional groups attached to an aromatic ring is 1. The highest BCUT2D eigenvalue weighted by molar-refractivity contribution is 6.12. The molecular weight excluding hydrogens is 364 g/mol. The first-order valence-corrected chi connectivity index (χ1v) is 9.47. The van der Waals surface area contributed by atoms with Crippen LogP contribution in [-0.2, 0) is 0 Å². The van der Waals surface area contributed by atoms with Gasteiger partial charge in [0, 0.05) is 16.8 Å². The van der Waals surface area contributed by atoms with Crippen LogP contribution in [0.15, 0.2) is 54.7 Å². The molecule has 7 nitrogen and oxygen atoms in total. The van der Waals surface area contributed by atoms with Crippen LogP contribution in [-0.4, -0.2) is 30.5 Å². The largest absolute Gasteiger partial charge is 0.383 e. The van der Waals surface area contributed by atoms with Gasteiger partial charge in [0.05, 0.1) is 34.2 Å². The molecule has 0 radical (unpaired) electrons. The van der Waals surface area contributed by atoms with E-state index in [1.807, 2.05) is 48.5 Å². The number of nitrogens with two attached hydrogens (primary N) is 1. The van der Waals surface area contributed by atoms with Gasteiger partial charge in [0.15, 0.2) is 0 Å². The Bertz CT molecular complexity index is 1340. The number of benzene rings is 2. The summed E-state index contributed by atoms with van der Waals surface area (Å²) in [6.45, 7) is 4.18. The number of nitrogens with one attached hydrogen (secondary N) is 2. The maximum Gasteiger partial charge on any atom is 0.214 e. The molecule has 0 atom stereocenters. The fraction of sp³-hybridized carbons (Fsp3) is 0.136. The first kappa shape index (κ1) is 17.2. The average Bonchev–Trinajstić information content (AvgIpc) is 3.42. The van der Waals surface area contributed by atoms with Crippen LogP contribution >= 0.6 is 0 Å². The molecule has 0 aliphatic heterocycles. The van der Waals surface area contributed by atoms with Crippen molar-refractivity contribution in [1.29, 1.82) is 0 Å². The SMILES string of the molecule is CC(C)c1nc2cc(-n3ncc(C(=O)c4cc5ccccc5[nH]4)c3N)ccc2[nH]1. The van der Waals surface area contributed by atoms with Gasteiger partial charge in [-0.2, -0.15) is 5.10 Å². The Balaban J connectivity index is 1.53. The summed E-state index contributed by atoms with van der Waals surface area (Å²) in [4.78, 5) is 24.1. The van der Waals surface area contributed by atoms with Crippen molar-refractivity contribution in [3.63, 3.8) is 0 Å². The second-order valence-corrected chi connectivity index (χ2v) is 7.43. The van der Waals surface area contributed by atoms with Gasteiger partial charge in [0.1, 0.15) is 11.6 Å². The van der Waals surface area contributed by atoms with E-state index < -0.39 is 0 Å². The Labute approximate surface area is 166 Å². The summed E-state index contributed by atoms with van der Waals surface area (Å²) >= 11 is 0. The summed E-state index contributed by atoms with van der Waals surface area (Å²) in [6, 6.07) is 15.4. The third-order valence-corrected chi connectivity index (χ3v) is 5.10. The molecule has 2 aromatic carbocycles. The molecule has 29 heavy (non-hydrogen) atoms. The molecule has 7 heteroatoms. The Hall–Kier alpha value is -3.87. The number of imidazole rings is 1. The Morgan fingerprint density at radius 2 is 1.90 bits per heavy atom. The monoisotopic (exact) mass is 384 g/mol. The number of carbonyl (C=O) groups excluding carboxylic acids is 1. The average molecular weight is 384 g/mol. The molecule has 0 saturated carbocycles. The number of hydrogen-bond donors (Lipinski definition) is 3. The molecule has 3 aromatic heterocycles. The van der Waals surface area contributed by atoms with Crippen molar-refractivity contribution < 1.29 is 4.79 Å². The topological polar surface area (TPSA) is 105 Å². The molecule has 0 bridgehead atoms. The van der Waals surface area contributed by atoms with Gasteiger partial charge in [0.25, 0.3) is 0 Å². The van der Waals surface area contributed by atoms with Crippen LogP contribution in [0.2, 0.25) is 0 Å². The van der Waals surface area contributed by atoms with Gasteiger partial charge in [-0.3, -0.25) is 4.79 Å². The van der Waals surface area contributed by atoms with Gasteiger partial charge < -0.3 is 15.7 Å². The lowest BCUT2D eigenvalue weighted by Crippen LogP contribution is -2.07. The molecule has 5 rings (SSSR count).